The highest BCUT2D eigenvalue weighted by Gasteiger charge is 2.27. The Morgan fingerprint density at radius 3 is 2.38 bits per heavy atom. The highest BCUT2D eigenvalue weighted by atomic mass is 16.6. The molecule has 0 bridgehead atoms. The van der Waals surface area contributed by atoms with Crippen molar-refractivity contribution < 1.29 is 18.7 Å². The van der Waals surface area contributed by atoms with Crippen LogP contribution in [0.4, 0.5) is 5.69 Å². The number of likely N-dealkylation sites (N-methyl/N-ethyl adjacent to an activating group) is 1. The SMILES string of the molecule is CCN(C(=O)[C@H](C)OC(=O)c1oc2ccccc2c1C)c1ccccc1. The van der Waals surface area contributed by atoms with E-state index in [9.17, 15) is 9.59 Å². The first kappa shape index (κ1) is 17.7. The molecule has 1 aromatic heterocycles. The Morgan fingerprint density at radius 1 is 1.08 bits per heavy atom. The van der Waals surface area contributed by atoms with Crippen LogP contribution < -0.4 is 4.90 Å². The lowest BCUT2D eigenvalue weighted by molar-refractivity contribution is -0.126. The minimum Gasteiger partial charge on any atom is -0.449 e. The fraction of sp³-hybridized carbons (Fsp3) is 0.238. The number of furan rings is 1. The Kier molecular flexibility index (Phi) is 5.07. The number of para-hydroxylation sites is 2. The largest absolute Gasteiger partial charge is 0.449 e. The number of amides is 1. The lowest BCUT2D eigenvalue weighted by Crippen LogP contribution is -2.40. The summed E-state index contributed by atoms with van der Waals surface area (Å²) in [6.07, 6.45) is -0.921. The molecule has 0 saturated carbocycles. The molecule has 0 unspecified atom stereocenters. The molecule has 5 heteroatoms. The monoisotopic (exact) mass is 351 g/mol. The molecular weight excluding hydrogens is 330 g/mol. The van der Waals surface area contributed by atoms with Gasteiger partial charge in [-0.1, -0.05) is 36.4 Å². The Bertz CT molecular complexity index is 930. The van der Waals surface area contributed by atoms with E-state index >= 15 is 0 Å². The normalized spacial score (nSPS) is 12.0. The lowest BCUT2D eigenvalue weighted by atomic mass is 10.1. The summed E-state index contributed by atoms with van der Waals surface area (Å²) in [7, 11) is 0. The molecule has 3 rings (SSSR count). The number of ether oxygens (including phenoxy) is 1. The van der Waals surface area contributed by atoms with Crippen LogP contribution in [0.1, 0.15) is 30.0 Å². The second-order valence-electron chi connectivity index (χ2n) is 6.02. The van der Waals surface area contributed by atoms with Crippen molar-refractivity contribution in [3.63, 3.8) is 0 Å². The van der Waals surface area contributed by atoms with Crippen LogP contribution in [-0.4, -0.2) is 24.5 Å². The van der Waals surface area contributed by atoms with Gasteiger partial charge in [-0.2, -0.15) is 0 Å². The standard InChI is InChI=1S/C21H21NO4/c1-4-22(16-10-6-5-7-11-16)20(23)15(3)25-21(24)19-14(2)17-12-8-9-13-18(17)26-19/h5-13,15H,4H2,1-3H3/t15-/m0/s1. The molecule has 0 aliphatic rings. The summed E-state index contributed by atoms with van der Waals surface area (Å²) in [4.78, 5) is 26.8. The van der Waals surface area contributed by atoms with Gasteiger partial charge in [-0.3, -0.25) is 4.79 Å². The van der Waals surface area contributed by atoms with E-state index in [-0.39, 0.29) is 11.7 Å². The molecule has 0 N–H and O–H groups in total. The Hall–Kier alpha value is -3.08. The van der Waals surface area contributed by atoms with E-state index < -0.39 is 12.1 Å². The third-order valence-corrected chi connectivity index (χ3v) is 4.31. The molecule has 2 aromatic carbocycles. The summed E-state index contributed by atoms with van der Waals surface area (Å²) in [6, 6.07) is 16.7. The average Bonchev–Trinajstić information content (AvgIpc) is 3.00. The van der Waals surface area contributed by atoms with Gasteiger partial charge in [0, 0.05) is 23.2 Å². The molecule has 1 heterocycles. The number of anilines is 1. The predicted molar refractivity (Wildman–Crippen MR) is 100 cm³/mol. The quantitative estimate of drug-likeness (QED) is 0.642. The topological polar surface area (TPSA) is 59.8 Å². The number of hydrogen-bond donors (Lipinski definition) is 0. The predicted octanol–water partition coefficient (Wildman–Crippen LogP) is 4.34. The number of fused-ring (bicyclic) bond motifs is 1. The molecule has 0 aliphatic carbocycles. The molecule has 0 saturated heterocycles. The van der Waals surface area contributed by atoms with Crippen molar-refractivity contribution >= 4 is 28.5 Å². The van der Waals surface area contributed by atoms with Crippen LogP contribution in [0.2, 0.25) is 0 Å². The van der Waals surface area contributed by atoms with Crippen molar-refractivity contribution in [2.75, 3.05) is 11.4 Å². The smallest absolute Gasteiger partial charge is 0.375 e. The zero-order valence-electron chi connectivity index (χ0n) is 15.1. The van der Waals surface area contributed by atoms with Gasteiger partial charge in [-0.15, -0.1) is 0 Å². The number of hydrogen-bond acceptors (Lipinski definition) is 4. The molecule has 0 fully saturated rings. The number of carbonyl (C=O) groups is 2. The highest BCUT2D eigenvalue weighted by molar-refractivity contribution is 6.00. The van der Waals surface area contributed by atoms with Gasteiger partial charge in [0.2, 0.25) is 5.76 Å². The van der Waals surface area contributed by atoms with E-state index in [4.69, 9.17) is 9.15 Å². The molecule has 0 radical (unpaired) electrons. The van der Waals surface area contributed by atoms with E-state index in [1.165, 1.54) is 0 Å². The lowest BCUT2D eigenvalue weighted by Gasteiger charge is -2.24. The van der Waals surface area contributed by atoms with Crippen molar-refractivity contribution in [3.8, 4) is 0 Å². The van der Waals surface area contributed by atoms with Crippen LogP contribution in [0, 0.1) is 6.92 Å². The van der Waals surface area contributed by atoms with Crippen LogP contribution in [0.15, 0.2) is 59.0 Å². The van der Waals surface area contributed by atoms with E-state index in [0.29, 0.717) is 17.7 Å². The van der Waals surface area contributed by atoms with Gasteiger partial charge in [0.1, 0.15) is 5.58 Å². The molecule has 1 amide bonds. The number of rotatable bonds is 5. The van der Waals surface area contributed by atoms with Crippen molar-refractivity contribution in [2.24, 2.45) is 0 Å². The van der Waals surface area contributed by atoms with E-state index in [2.05, 4.69) is 0 Å². The first-order valence-corrected chi connectivity index (χ1v) is 8.58. The summed E-state index contributed by atoms with van der Waals surface area (Å²) >= 11 is 0. The van der Waals surface area contributed by atoms with Gasteiger partial charge in [-0.05, 0) is 39.0 Å². The summed E-state index contributed by atoms with van der Waals surface area (Å²) in [5.74, 6) is -0.780. The van der Waals surface area contributed by atoms with Crippen LogP contribution >= 0.6 is 0 Å². The molecule has 0 spiro atoms. The fourth-order valence-electron chi connectivity index (χ4n) is 2.93. The van der Waals surface area contributed by atoms with Crippen molar-refractivity contribution in [1.29, 1.82) is 0 Å². The highest BCUT2D eigenvalue weighted by Crippen LogP contribution is 2.26. The van der Waals surface area contributed by atoms with Gasteiger partial charge in [-0.25, -0.2) is 4.79 Å². The van der Waals surface area contributed by atoms with Gasteiger partial charge in [0.15, 0.2) is 6.10 Å². The maximum Gasteiger partial charge on any atom is 0.375 e. The van der Waals surface area contributed by atoms with E-state index in [1.54, 1.807) is 24.8 Å². The van der Waals surface area contributed by atoms with Crippen molar-refractivity contribution in [1.82, 2.24) is 0 Å². The molecular formula is C21H21NO4. The Labute approximate surface area is 152 Å². The molecule has 3 aromatic rings. The van der Waals surface area contributed by atoms with Crippen LogP contribution in [0.25, 0.3) is 11.0 Å². The van der Waals surface area contributed by atoms with Crippen molar-refractivity contribution in [2.45, 2.75) is 26.9 Å². The summed E-state index contributed by atoms with van der Waals surface area (Å²) in [5.41, 5.74) is 2.10. The maximum absolute atomic E-state index is 12.7. The molecule has 26 heavy (non-hydrogen) atoms. The van der Waals surface area contributed by atoms with Gasteiger partial charge in [0.05, 0.1) is 0 Å². The van der Waals surface area contributed by atoms with E-state index in [1.807, 2.05) is 55.5 Å². The second kappa shape index (κ2) is 7.44. The van der Waals surface area contributed by atoms with E-state index in [0.717, 1.165) is 11.1 Å². The zero-order chi connectivity index (χ0) is 18.7. The van der Waals surface area contributed by atoms with Crippen LogP contribution in [0.5, 0.6) is 0 Å². The summed E-state index contributed by atoms with van der Waals surface area (Å²) < 4.78 is 11.0. The van der Waals surface area contributed by atoms with Crippen molar-refractivity contribution in [3.05, 3.63) is 65.9 Å². The number of nitrogens with zero attached hydrogens (tertiary/aromatic N) is 1. The first-order valence-electron chi connectivity index (χ1n) is 8.58. The van der Waals surface area contributed by atoms with Gasteiger partial charge in [0.25, 0.3) is 5.91 Å². The minimum atomic E-state index is -0.921. The number of aryl methyl sites for hydroxylation is 1. The number of benzene rings is 2. The molecule has 0 aliphatic heterocycles. The summed E-state index contributed by atoms with van der Waals surface area (Å²) in [6.45, 7) is 5.73. The second-order valence-corrected chi connectivity index (χ2v) is 6.02. The maximum atomic E-state index is 12.7. The number of carbonyl (C=O) groups excluding carboxylic acids is 2. The molecule has 1 atom stereocenters. The fourth-order valence-corrected chi connectivity index (χ4v) is 2.93. The Balaban J connectivity index is 1.77. The summed E-state index contributed by atoms with van der Waals surface area (Å²) in [5, 5.41) is 0.859. The minimum absolute atomic E-state index is 0.133. The third kappa shape index (κ3) is 3.33. The molecule has 134 valence electrons. The van der Waals surface area contributed by atoms with Gasteiger partial charge < -0.3 is 14.1 Å². The van der Waals surface area contributed by atoms with Gasteiger partial charge >= 0.3 is 5.97 Å². The van der Waals surface area contributed by atoms with Crippen LogP contribution in [0.3, 0.4) is 0 Å². The first-order chi connectivity index (χ1) is 12.5. The Morgan fingerprint density at radius 2 is 1.73 bits per heavy atom. The average molecular weight is 351 g/mol. The third-order valence-electron chi connectivity index (χ3n) is 4.31. The zero-order valence-corrected chi connectivity index (χ0v) is 15.1. The molecule has 5 nitrogen and oxygen atoms in total. The number of esters is 1. The van der Waals surface area contributed by atoms with Crippen LogP contribution in [-0.2, 0) is 9.53 Å².